The molecular formula is C31H49N. The van der Waals surface area contributed by atoms with E-state index in [-0.39, 0.29) is 0 Å². The van der Waals surface area contributed by atoms with Crippen LogP contribution >= 0.6 is 0 Å². The number of fused-ring (bicyclic) bond motifs is 1. The van der Waals surface area contributed by atoms with Crippen LogP contribution in [0.15, 0.2) is 49.2 Å². The lowest BCUT2D eigenvalue weighted by atomic mass is 9.66. The van der Waals surface area contributed by atoms with Crippen molar-refractivity contribution in [2.45, 2.75) is 92.0 Å². The SMILES string of the molecule is C=CC(=C)C(CC1CC1)C(C)C(=C)C1C2C(CN1C(=C)C(C)C1(C)CCCCC1)C2(C)C. The van der Waals surface area contributed by atoms with E-state index < -0.39 is 0 Å². The summed E-state index contributed by atoms with van der Waals surface area (Å²) in [4.78, 5) is 2.72. The number of hydrogen-bond acceptors (Lipinski definition) is 1. The Bertz CT molecular complexity index is 774. The number of nitrogens with zero attached hydrogens (tertiary/aromatic N) is 1. The highest BCUT2D eigenvalue weighted by Crippen LogP contribution is 2.67. The van der Waals surface area contributed by atoms with Crippen molar-refractivity contribution in [3.63, 3.8) is 0 Å². The van der Waals surface area contributed by atoms with E-state index >= 15 is 0 Å². The van der Waals surface area contributed by atoms with Crippen molar-refractivity contribution in [2.75, 3.05) is 6.54 Å². The summed E-state index contributed by atoms with van der Waals surface area (Å²) < 4.78 is 0. The van der Waals surface area contributed by atoms with Crippen molar-refractivity contribution in [1.29, 1.82) is 0 Å². The van der Waals surface area contributed by atoms with Gasteiger partial charge in [-0.25, -0.2) is 0 Å². The number of piperidine rings is 1. The first-order chi connectivity index (χ1) is 15.0. The van der Waals surface area contributed by atoms with Crippen LogP contribution in [0.1, 0.15) is 86.0 Å². The smallest absolute Gasteiger partial charge is 0.0536 e. The van der Waals surface area contributed by atoms with Gasteiger partial charge in [0, 0.05) is 18.2 Å². The summed E-state index contributed by atoms with van der Waals surface area (Å²) in [6, 6.07) is 0.437. The van der Waals surface area contributed by atoms with Crippen molar-refractivity contribution in [3.8, 4) is 0 Å². The quantitative estimate of drug-likeness (QED) is 0.246. The molecule has 0 radical (unpaired) electrons. The van der Waals surface area contributed by atoms with Crippen LogP contribution in [-0.2, 0) is 0 Å². The Morgan fingerprint density at radius 1 is 1.03 bits per heavy atom. The van der Waals surface area contributed by atoms with Crippen molar-refractivity contribution in [2.24, 2.45) is 46.3 Å². The first-order valence-corrected chi connectivity index (χ1v) is 13.5. The molecule has 0 aromatic heterocycles. The van der Waals surface area contributed by atoms with Crippen LogP contribution in [0.4, 0.5) is 0 Å². The Morgan fingerprint density at radius 3 is 2.22 bits per heavy atom. The fourth-order valence-electron chi connectivity index (χ4n) is 7.52. The van der Waals surface area contributed by atoms with Crippen LogP contribution in [0.5, 0.6) is 0 Å². The molecule has 3 aliphatic carbocycles. The fourth-order valence-corrected chi connectivity index (χ4v) is 7.52. The highest BCUT2D eigenvalue weighted by molar-refractivity contribution is 5.32. The van der Waals surface area contributed by atoms with Gasteiger partial charge < -0.3 is 4.90 Å². The summed E-state index contributed by atoms with van der Waals surface area (Å²) in [6.07, 6.45) is 12.9. The van der Waals surface area contributed by atoms with Gasteiger partial charge in [0.2, 0.25) is 0 Å². The molecule has 3 saturated carbocycles. The third-order valence-electron chi connectivity index (χ3n) is 10.7. The zero-order valence-corrected chi connectivity index (χ0v) is 21.8. The van der Waals surface area contributed by atoms with Gasteiger partial charge in [0.15, 0.2) is 0 Å². The molecule has 0 aromatic carbocycles. The topological polar surface area (TPSA) is 3.24 Å². The van der Waals surface area contributed by atoms with E-state index in [1.165, 1.54) is 74.8 Å². The Balaban J connectivity index is 1.56. The van der Waals surface area contributed by atoms with Gasteiger partial charge in [0.1, 0.15) is 0 Å². The summed E-state index contributed by atoms with van der Waals surface area (Å²) in [6.45, 7) is 31.6. The molecule has 0 bridgehead atoms. The number of rotatable bonds is 10. The molecule has 0 N–H and O–H groups in total. The molecule has 4 fully saturated rings. The lowest BCUT2D eigenvalue weighted by Gasteiger charge is -2.46. The molecule has 0 amide bonds. The highest BCUT2D eigenvalue weighted by atomic mass is 15.2. The molecule has 6 atom stereocenters. The summed E-state index contributed by atoms with van der Waals surface area (Å²) >= 11 is 0. The maximum absolute atomic E-state index is 4.81. The van der Waals surface area contributed by atoms with Crippen molar-refractivity contribution >= 4 is 0 Å². The van der Waals surface area contributed by atoms with E-state index in [9.17, 15) is 0 Å². The van der Waals surface area contributed by atoms with Gasteiger partial charge >= 0.3 is 0 Å². The van der Waals surface area contributed by atoms with Gasteiger partial charge in [0.25, 0.3) is 0 Å². The Morgan fingerprint density at radius 2 is 1.66 bits per heavy atom. The van der Waals surface area contributed by atoms with Gasteiger partial charge in [-0.15, -0.1) is 0 Å². The Hall–Kier alpha value is -1.24. The minimum Gasteiger partial charge on any atom is -0.368 e. The first-order valence-electron chi connectivity index (χ1n) is 13.5. The summed E-state index contributed by atoms with van der Waals surface area (Å²) in [7, 11) is 0. The minimum absolute atomic E-state index is 0.404. The van der Waals surface area contributed by atoms with E-state index in [4.69, 9.17) is 13.2 Å². The molecule has 1 heteroatoms. The largest absolute Gasteiger partial charge is 0.368 e. The van der Waals surface area contributed by atoms with Crippen LogP contribution < -0.4 is 0 Å². The van der Waals surface area contributed by atoms with E-state index in [0.29, 0.717) is 34.6 Å². The Labute approximate surface area is 199 Å². The summed E-state index contributed by atoms with van der Waals surface area (Å²) in [5, 5.41) is 0. The number of allylic oxidation sites excluding steroid dienone is 3. The molecule has 0 spiro atoms. The molecule has 6 unspecified atom stereocenters. The van der Waals surface area contributed by atoms with E-state index in [1.807, 2.05) is 6.08 Å². The highest BCUT2D eigenvalue weighted by Gasteiger charge is 2.67. The average Bonchev–Trinajstić information content (AvgIpc) is 3.63. The molecule has 178 valence electrons. The van der Waals surface area contributed by atoms with Crippen molar-refractivity contribution < 1.29 is 0 Å². The average molecular weight is 436 g/mol. The molecule has 1 heterocycles. The van der Waals surface area contributed by atoms with Gasteiger partial charge in [-0.2, -0.15) is 0 Å². The fraction of sp³-hybridized carbons (Fsp3) is 0.742. The third-order valence-corrected chi connectivity index (χ3v) is 10.7. The van der Waals surface area contributed by atoms with Crippen molar-refractivity contribution in [3.05, 3.63) is 49.2 Å². The molecule has 1 nitrogen and oxygen atoms in total. The lowest BCUT2D eigenvalue weighted by Crippen LogP contribution is -2.43. The monoisotopic (exact) mass is 435 g/mol. The van der Waals surface area contributed by atoms with Gasteiger partial charge in [-0.05, 0) is 59.7 Å². The first kappa shape index (κ1) is 23.9. The number of hydrogen-bond donors (Lipinski definition) is 0. The summed E-state index contributed by atoms with van der Waals surface area (Å²) in [5.74, 6) is 3.86. The Kier molecular flexibility index (Phi) is 6.36. The van der Waals surface area contributed by atoms with Crippen LogP contribution in [0.2, 0.25) is 0 Å². The molecule has 1 aliphatic heterocycles. The summed E-state index contributed by atoms with van der Waals surface area (Å²) in [5.41, 5.74) is 4.86. The second kappa shape index (κ2) is 8.52. The predicted octanol–water partition coefficient (Wildman–Crippen LogP) is 8.41. The third kappa shape index (κ3) is 4.07. The van der Waals surface area contributed by atoms with E-state index in [1.54, 1.807) is 0 Å². The maximum Gasteiger partial charge on any atom is 0.0536 e. The van der Waals surface area contributed by atoms with Crippen LogP contribution in [0.25, 0.3) is 0 Å². The second-order valence-corrected chi connectivity index (χ2v) is 12.9. The second-order valence-electron chi connectivity index (χ2n) is 12.9. The van der Waals surface area contributed by atoms with Gasteiger partial charge in [-0.3, -0.25) is 0 Å². The molecule has 32 heavy (non-hydrogen) atoms. The van der Waals surface area contributed by atoms with Crippen LogP contribution in [0, 0.1) is 46.3 Å². The maximum atomic E-state index is 4.81. The predicted molar refractivity (Wildman–Crippen MR) is 139 cm³/mol. The van der Waals surface area contributed by atoms with E-state index in [2.05, 4.69) is 52.7 Å². The molecule has 4 aliphatic rings. The van der Waals surface area contributed by atoms with Crippen LogP contribution in [0.3, 0.4) is 0 Å². The van der Waals surface area contributed by atoms with Crippen molar-refractivity contribution in [1.82, 2.24) is 4.90 Å². The standard InChI is InChI=1S/C31H49N/c1-10-20(2)26(18-25-14-15-25)21(3)22(4)29-28-27(30(28,7)8)19-32(29)24(6)23(5)31(9)16-12-11-13-17-31/h10,21,23,25-29H,1-2,4,6,11-19H2,3,5,7-9H3. The van der Waals surface area contributed by atoms with Gasteiger partial charge in [0.05, 0.1) is 6.04 Å². The lowest BCUT2D eigenvalue weighted by molar-refractivity contribution is 0.116. The van der Waals surface area contributed by atoms with Gasteiger partial charge in [-0.1, -0.05) is 110 Å². The number of likely N-dealkylation sites (tertiary alicyclic amines) is 1. The van der Waals surface area contributed by atoms with Crippen LogP contribution in [-0.4, -0.2) is 17.5 Å². The molecule has 4 rings (SSSR count). The minimum atomic E-state index is 0.404. The zero-order valence-electron chi connectivity index (χ0n) is 21.8. The molecular weight excluding hydrogens is 386 g/mol. The molecule has 0 aromatic rings. The zero-order chi connectivity index (χ0) is 23.4. The van der Waals surface area contributed by atoms with E-state index in [0.717, 1.165) is 17.8 Å². The normalized spacial score (nSPS) is 33.0. The molecule has 1 saturated heterocycles.